The number of aliphatic hydroxyl groups excluding tert-OH is 4. The molecule has 3 atom stereocenters. The number of hydrogen-bond donors (Lipinski definition) is 4. The molecular formula is C44H82O5. The van der Waals surface area contributed by atoms with Crippen LogP contribution in [-0.2, 0) is 4.79 Å². The first-order chi connectivity index (χ1) is 23.0. The van der Waals surface area contributed by atoms with Crippen LogP contribution < -0.4 is 0 Å². The van der Waals surface area contributed by atoms with E-state index in [2.05, 4.69) is 81.1 Å². The molecule has 0 radical (unpaired) electrons. The van der Waals surface area contributed by atoms with Crippen molar-refractivity contribution in [1.29, 1.82) is 0 Å². The molecule has 0 aromatic carbocycles. The highest BCUT2D eigenvalue weighted by Crippen LogP contribution is 2.50. The van der Waals surface area contributed by atoms with Crippen molar-refractivity contribution in [2.24, 2.45) is 45.8 Å². The summed E-state index contributed by atoms with van der Waals surface area (Å²) in [6.07, 6.45) is 20.4. The molecule has 5 nitrogen and oxygen atoms in total. The maximum absolute atomic E-state index is 11.1. The minimum Gasteiger partial charge on any atom is -0.393 e. The van der Waals surface area contributed by atoms with Crippen LogP contribution in [0.15, 0.2) is 0 Å². The molecule has 4 saturated carbocycles. The van der Waals surface area contributed by atoms with E-state index in [0.717, 1.165) is 102 Å². The van der Waals surface area contributed by atoms with Gasteiger partial charge in [-0.05, 0) is 151 Å². The first-order valence-corrected chi connectivity index (χ1v) is 20.7. The van der Waals surface area contributed by atoms with E-state index in [9.17, 15) is 25.2 Å². The van der Waals surface area contributed by atoms with Crippen molar-refractivity contribution in [3.63, 3.8) is 0 Å². The highest BCUT2D eigenvalue weighted by atomic mass is 16.3. The Morgan fingerprint density at radius 2 is 0.898 bits per heavy atom. The van der Waals surface area contributed by atoms with E-state index in [1.54, 1.807) is 0 Å². The van der Waals surface area contributed by atoms with E-state index < -0.39 is 6.10 Å². The zero-order valence-electron chi connectivity index (χ0n) is 33.9. The van der Waals surface area contributed by atoms with Crippen LogP contribution in [0, 0.1) is 57.7 Å². The minimum atomic E-state index is -0.433. The van der Waals surface area contributed by atoms with Gasteiger partial charge in [-0.25, -0.2) is 0 Å². The van der Waals surface area contributed by atoms with Gasteiger partial charge in [-0.3, -0.25) is 0 Å². The Morgan fingerprint density at radius 3 is 1.20 bits per heavy atom. The lowest BCUT2D eigenvalue weighted by Crippen LogP contribution is -2.41. The van der Waals surface area contributed by atoms with Crippen LogP contribution in [0.4, 0.5) is 0 Å². The van der Waals surface area contributed by atoms with E-state index in [-0.39, 0.29) is 35.1 Å². The zero-order valence-corrected chi connectivity index (χ0v) is 33.9. The van der Waals surface area contributed by atoms with Crippen LogP contribution in [0.2, 0.25) is 0 Å². The predicted molar refractivity (Wildman–Crippen MR) is 207 cm³/mol. The smallest absolute Gasteiger partial charge is 0.125 e. The molecule has 4 aliphatic carbocycles. The molecule has 0 aromatic heterocycles. The molecule has 0 amide bonds. The van der Waals surface area contributed by atoms with E-state index in [0.29, 0.717) is 17.3 Å². The van der Waals surface area contributed by atoms with E-state index in [1.165, 1.54) is 38.5 Å². The lowest BCUT2D eigenvalue weighted by Gasteiger charge is -2.47. The summed E-state index contributed by atoms with van der Waals surface area (Å²) >= 11 is 0. The third-order valence-corrected chi connectivity index (χ3v) is 13.3. The summed E-state index contributed by atoms with van der Waals surface area (Å²) in [7, 11) is 0. The number of carbonyl (C=O) groups is 1. The molecule has 0 aromatic rings. The molecule has 0 aliphatic heterocycles. The highest BCUT2D eigenvalue weighted by Gasteiger charge is 2.43. The number of aliphatic hydroxyl groups is 4. The van der Waals surface area contributed by atoms with Gasteiger partial charge >= 0.3 is 0 Å². The number of unbranched alkanes of at least 4 members (excludes halogenated alkanes) is 1. The van der Waals surface area contributed by atoms with Crippen molar-refractivity contribution in [3.8, 4) is 11.8 Å². The van der Waals surface area contributed by atoms with Gasteiger partial charge in [0.05, 0.1) is 24.4 Å². The number of aldehydes is 1. The van der Waals surface area contributed by atoms with Crippen LogP contribution in [0.5, 0.6) is 0 Å². The van der Waals surface area contributed by atoms with Crippen molar-refractivity contribution in [2.45, 2.75) is 216 Å². The second kappa shape index (κ2) is 22.9. The summed E-state index contributed by atoms with van der Waals surface area (Å²) in [5.41, 5.74) is 0.831. The normalized spacial score (nSPS) is 32.3. The van der Waals surface area contributed by atoms with E-state index in [1.807, 2.05) is 0 Å². The second-order valence-electron chi connectivity index (χ2n) is 17.9. The van der Waals surface area contributed by atoms with Crippen LogP contribution in [0.25, 0.3) is 0 Å². The maximum Gasteiger partial charge on any atom is 0.125 e. The molecule has 49 heavy (non-hydrogen) atoms. The average molecular weight is 691 g/mol. The van der Waals surface area contributed by atoms with E-state index >= 15 is 0 Å². The molecule has 288 valence electrons. The fourth-order valence-corrected chi connectivity index (χ4v) is 8.55. The lowest BCUT2D eigenvalue weighted by atomic mass is 9.59. The summed E-state index contributed by atoms with van der Waals surface area (Å²) < 4.78 is 0. The van der Waals surface area contributed by atoms with Gasteiger partial charge in [0.25, 0.3) is 0 Å². The van der Waals surface area contributed by atoms with Crippen LogP contribution in [-0.4, -0.2) is 51.1 Å². The quantitative estimate of drug-likeness (QED) is 0.157. The Labute approximate surface area is 304 Å². The Balaban J connectivity index is 0.000000366. The topological polar surface area (TPSA) is 98.0 Å². The SMILES string of the molecule is CC(C)(C1CCC(O)CC1)C1CCC(O)C(C=O)C1.CC(C)(C1CCC(O)CC1)C1CCC(O)CC1.CCC#CC(C)(C)CC.CCCC. The van der Waals surface area contributed by atoms with Gasteiger partial charge in [0.15, 0.2) is 0 Å². The van der Waals surface area contributed by atoms with Gasteiger partial charge in [0, 0.05) is 17.8 Å². The van der Waals surface area contributed by atoms with Crippen LogP contribution >= 0.6 is 0 Å². The van der Waals surface area contributed by atoms with E-state index in [4.69, 9.17) is 0 Å². The summed E-state index contributed by atoms with van der Waals surface area (Å²) in [6, 6.07) is 0. The summed E-state index contributed by atoms with van der Waals surface area (Å²) in [4.78, 5) is 11.1. The predicted octanol–water partition coefficient (Wildman–Crippen LogP) is 10.3. The van der Waals surface area contributed by atoms with Crippen molar-refractivity contribution >= 4 is 6.29 Å². The molecule has 5 heteroatoms. The molecule has 0 bridgehead atoms. The van der Waals surface area contributed by atoms with Crippen molar-refractivity contribution < 1.29 is 25.2 Å². The van der Waals surface area contributed by atoms with Gasteiger partial charge in [0.1, 0.15) is 6.29 Å². The Morgan fingerprint density at radius 1 is 0.551 bits per heavy atom. The van der Waals surface area contributed by atoms with Gasteiger partial charge in [-0.1, -0.05) is 74.2 Å². The number of hydrogen-bond acceptors (Lipinski definition) is 5. The lowest BCUT2D eigenvalue weighted by molar-refractivity contribution is -0.118. The van der Waals surface area contributed by atoms with Crippen molar-refractivity contribution in [1.82, 2.24) is 0 Å². The second-order valence-corrected chi connectivity index (χ2v) is 17.9. The summed E-state index contributed by atoms with van der Waals surface area (Å²) in [5.74, 6) is 8.82. The third-order valence-electron chi connectivity index (χ3n) is 13.3. The van der Waals surface area contributed by atoms with Crippen molar-refractivity contribution in [2.75, 3.05) is 0 Å². The standard InChI is InChI=1S/C16H28O3.C15H28O2.C9H16.C4H10/c1-16(2,12-3-6-14(18)7-4-12)13-5-8-15(19)11(9-13)10-17;1-15(2,11-3-7-13(16)8-4-11)12-5-9-14(17)10-6-12;1-5-7-8-9(3,4)6-2;1-3-4-2/h10-15,18-19H,3-9H2,1-2H3;11-14,16-17H,3-10H2,1-2H3;5-6H2,1-4H3;3-4H2,1-2H3. The van der Waals surface area contributed by atoms with Crippen molar-refractivity contribution in [3.05, 3.63) is 0 Å². The van der Waals surface area contributed by atoms with Crippen LogP contribution in [0.3, 0.4) is 0 Å². The summed E-state index contributed by atoms with van der Waals surface area (Å²) in [6.45, 7) is 22.4. The first kappa shape index (κ1) is 46.1. The molecule has 4 N–H and O–H groups in total. The number of rotatable bonds is 7. The van der Waals surface area contributed by atoms with Gasteiger partial charge in [0.2, 0.25) is 0 Å². The highest BCUT2D eigenvalue weighted by molar-refractivity contribution is 5.54. The molecule has 4 fully saturated rings. The summed E-state index contributed by atoms with van der Waals surface area (Å²) in [5, 5.41) is 38.7. The van der Waals surface area contributed by atoms with Crippen LogP contribution in [0.1, 0.15) is 191 Å². The molecule has 0 saturated heterocycles. The maximum atomic E-state index is 11.1. The third kappa shape index (κ3) is 16.1. The average Bonchev–Trinajstić information content (AvgIpc) is 3.09. The fourth-order valence-electron chi connectivity index (χ4n) is 8.55. The van der Waals surface area contributed by atoms with Gasteiger partial charge < -0.3 is 25.2 Å². The number of carbonyl (C=O) groups excluding carboxylic acids is 1. The monoisotopic (exact) mass is 691 g/mol. The Hall–Kier alpha value is -0.930. The fraction of sp³-hybridized carbons (Fsp3) is 0.932. The Kier molecular flexibility index (Phi) is 21.5. The molecular weight excluding hydrogens is 608 g/mol. The molecule has 0 spiro atoms. The van der Waals surface area contributed by atoms with Gasteiger partial charge in [-0.15, -0.1) is 5.92 Å². The minimum absolute atomic E-state index is 0.0461. The molecule has 4 rings (SSSR count). The van der Waals surface area contributed by atoms with Gasteiger partial charge in [-0.2, -0.15) is 0 Å². The molecule has 4 aliphatic rings. The Bertz CT molecular complexity index is 895. The largest absolute Gasteiger partial charge is 0.393 e. The molecule has 0 heterocycles. The first-order valence-electron chi connectivity index (χ1n) is 20.7. The molecule has 3 unspecified atom stereocenters. The zero-order chi connectivity index (χ0) is 37.3.